The number of amides is 3. The molecule has 2 atom stereocenters. The molecule has 0 radical (unpaired) electrons. The second kappa shape index (κ2) is 13.5. The second-order valence-corrected chi connectivity index (χ2v) is 10.1. The van der Waals surface area contributed by atoms with Gasteiger partial charge in [-0.2, -0.15) is 0 Å². The van der Waals surface area contributed by atoms with Crippen molar-refractivity contribution >= 4 is 18.1 Å². The summed E-state index contributed by atoms with van der Waals surface area (Å²) in [6, 6.07) is 33.5. The van der Waals surface area contributed by atoms with Crippen molar-refractivity contribution in [1.29, 1.82) is 0 Å². The van der Waals surface area contributed by atoms with Gasteiger partial charge in [0.15, 0.2) is 0 Å². The number of benzene rings is 4. The first-order valence-corrected chi connectivity index (χ1v) is 13.9. The number of hydrogen-bond acceptors (Lipinski definition) is 5. The molecule has 0 aromatic heterocycles. The highest BCUT2D eigenvalue weighted by Gasteiger charge is 2.30. The van der Waals surface area contributed by atoms with Crippen LogP contribution in [0.5, 0.6) is 0 Å². The normalized spacial score (nSPS) is 13.2. The zero-order valence-electron chi connectivity index (χ0n) is 23.3. The third-order valence-corrected chi connectivity index (χ3v) is 7.30. The van der Waals surface area contributed by atoms with Crippen LogP contribution in [-0.4, -0.2) is 44.0 Å². The Morgan fingerprint density at radius 1 is 0.667 bits per heavy atom. The summed E-state index contributed by atoms with van der Waals surface area (Å²) in [6.07, 6.45) is -0.908. The summed E-state index contributed by atoms with van der Waals surface area (Å²) in [5.74, 6) is -0.663. The fourth-order valence-electron chi connectivity index (χ4n) is 5.31. The lowest BCUT2D eigenvalue weighted by Gasteiger charge is -2.23. The van der Waals surface area contributed by atoms with Crippen LogP contribution in [0, 0.1) is 0 Å². The SMILES string of the molecule is COC(=O)[C@H](Cc1ccccc1)NC(=O)N[C@H](Cc1ccccc1)NC(=O)OCC1c2ccccc2-c2ccccc21. The minimum absolute atomic E-state index is 0.0919. The molecule has 1 aliphatic carbocycles. The highest BCUT2D eigenvalue weighted by molar-refractivity contribution is 5.84. The van der Waals surface area contributed by atoms with Gasteiger partial charge in [0.2, 0.25) is 0 Å². The lowest BCUT2D eigenvalue weighted by atomic mass is 9.98. The molecule has 42 heavy (non-hydrogen) atoms. The Morgan fingerprint density at radius 2 is 1.19 bits per heavy atom. The average Bonchev–Trinajstić information content (AvgIpc) is 3.34. The van der Waals surface area contributed by atoms with E-state index in [1.54, 1.807) is 0 Å². The van der Waals surface area contributed by atoms with Gasteiger partial charge in [0, 0.05) is 18.8 Å². The van der Waals surface area contributed by atoms with E-state index >= 15 is 0 Å². The fraction of sp³-hybridized carbons (Fsp3) is 0.206. The molecule has 214 valence electrons. The molecular weight excluding hydrogens is 530 g/mol. The number of urea groups is 1. The lowest BCUT2D eigenvalue weighted by Crippen LogP contribution is -2.55. The van der Waals surface area contributed by atoms with Gasteiger partial charge >= 0.3 is 18.1 Å². The van der Waals surface area contributed by atoms with Gasteiger partial charge in [-0.3, -0.25) is 0 Å². The number of hydrogen-bond donors (Lipinski definition) is 3. The molecule has 3 N–H and O–H groups in total. The molecule has 4 aromatic rings. The zero-order valence-corrected chi connectivity index (χ0v) is 23.3. The van der Waals surface area contributed by atoms with Gasteiger partial charge in [0.1, 0.15) is 18.8 Å². The predicted octanol–water partition coefficient (Wildman–Crippen LogP) is 5.18. The van der Waals surface area contributed by atoms with Crippen LogP contribution in [0.1, 0.15) is 28.2 Å². The zero-order chi connectivity index (χ0) is 29.3. The molecule has 8 nitrogen and oxygen atoms in total. The Hall–Kier alpha value is -5.11. The number of esters is 1. The number of fused-ring (bicyclic) bond motifs is 3. The van der Waals surface area contributed by atoms with Crippen LogP contribution in [0.2, 0.25) is 0 Å². The second-order valence-electron chi connectivity index (χ2n) is 10.1. The molecular formula is C34H33N3O5. The number of nitrogens with one attached hydrogen (secondary N) is 3. The van der Waals surface area contributed by atoms with Crippen LogP contribution in [0.15, 0.2) is 109 Å². The highest BCUT2D eigenvalue weighted by atomic mass is 16.5. The molecule has 0 saturated carbocycles. The van der Waals surface area contributed by atoms with Crippen molar-refractivity contribution in [2.45, 2.75) is 31.0 Å². The van der Waals surface area contributed by atoms with E-state index in [0.29, 0.717) is 6.42 Å². The number of ether oxygens (including phenoxy) is 2. The molecule has 5 rings (SSSR count). The first-order chi connectivity index (χ1) is 20.5. The summed E-state index contributed by atoms with van der Waals surface area (Å²) in [5.41, 5.74) is 6.26. The molecule has 0 heterocycles. The Labute approximate surface area is 245 Å². The van der Waals surface area contributed by atoms with Crippen molar-refractivity contribution < 1.29 is 23.9 Å². The summed E-state index contributed by atoms with van der Waals surface area (Å²) >= 11 is 0. The Bertz CT molecular complexity index is 1480. The van der Waals surface area contributed by atoms with Crippen molar-refractivity contribution in [3.8, 4) is 11.1 Å². The third kappa shape index (κ3) is 6.96. The van der Waals surface area contributed by atoms with Crippen LogP contribution < -0.4 is 16.0 Å². The van der Waals surface area contributed by atoms with Gasteiger partial charge in [-0.05, 0) is 33.4 Å². The van der Waals surface area contributed by atoms with E-state index in [4.69, 9.17) is 9.47 Å². The van der Waals surface area contributed by atoms with Crippen molar-refractivity contribution in [3.63, 3.8) is 0 Å². The maximum Gasteiger partial charge on any atom is 0.408 e. The summed E-state index contributed by atoms with van der Waals surface area (Å²) in [6.45, 7) is 0.144. The fourth-order valence-corrected chi connectivity index (χ4v) is 5.31. The first kappa shape index (κ1) is 28.4. The molecule has 8 heteroatoms. The van der Waals surface area contributed by atoms with Crippen molar-refractivity contribution in [2.75, 3.05) is 13.7 Å². The Kier molecular flexibility index (Phi) is 9.13. The van der Waals surface area contributed by atoms with Crippen LogP contribution >= 0.6 is 0 Å². The van der Waals surface area contributed by atoms with Crippen LogP contribution in [0.25, 0.3) is 11.1 Å². The first-order valence-electron chi connectivity index (χ1n) is 13.9. The van der Waals surface area contributed by atoms with Gasteiger partial charge in [0.25, 0.3) is 0 Å². The van der Waals surface area contributed by atoms with Gasteiger partial charge in [-0.15, -0.1) is 0 Å². The number of carbonyl (C=O) groups excluding carboxylic acids is 3. The van der Waals surface area contributed by atoms with Crippen LogP contribution in [-0.2, 0) is 27.1 Å². The quantitative estimate of drug-likeness (QED) is 0.182. The molecule has 3 amide bonds. The Balaban J connectivity index is 1.25. The molecule has 0 fully saturated rings. The number of carbonyl (C=O) groups is 3. The maximum atomic E-state index is 13.1. The van der Waals surface area contributed by atoms with Gasteiger partial charge in [-0.25, -0.2) is 14.4 Å². The summed E-state index contributed by atoms with van der Waals surface area (Å²) in [5, 5.41) is 8.25. The van der Waals surface area contributed by atoms with Gasteiger partial charge in [0.05, 0.1) is 7.11 Å². The standard InChI is InChI=1S/C34H33N3O5/c1-41-32(38)30(20-23-12-4-2-5-13-23)35-33(39)36-31(21-24-14-6-3-7-15-24)37-34(40)42-22-29-27-18-10-8-16-25(27)26-17-9-11-19-28(26)29/h2-19,29-31H,20-22H2,1H3,(H,37,40)(H2,35,36,39)/t30-,31-/m0/s1. The molecule has 0 saturated heterocycles. The van der Waals surface area contributed by atoms with E-state index in [0.717, 1.165) is 33.4 Å². The van der Waals surface area contributed by atoms with E-state index in [2.05, 4.69) is 40.2 Å². The van der Waals surface area contributed by atoms with Crippen LogP contribution in [0.3, 0.4) is 0 Å². The predicted molar refractivity (Wildman–Crippen MR) is 160 cm³/mol. The van der Waals surface area contributed by atoms with Crippen molar-refractivity contribution in [3.05, 3.63) is 131 Å². The van der Waals surface area contributed by atoms with E-state index in [9.17, 15) is 14.4 Å². The summed E-state index contributed by atoms with van der Waals surface area (Å²) < 4.78 is 10.6. The van der Waals surface area contributed by atoms with E-state index in [-0.39, 0.29) is 18.9 Å². The van der Waals surface area contributed by atoms with Gasteiger partial charge in [-0.1, -0.05) is 109 Å². The minimum Gasteiger partial charge on any atom is -0.467 e. The summed E-state index contributed by atoms with van der Waals surface area (Å²) in [7, 11) is 1.27. The van der Waals surface area contributed by atoms with Crippen molar-refractivity contribution in [1.82, 2.24) is 16.0 Å². The highest BCUT2D eigenvalue weighted by Crippen LogP contribution is 2.44. The minimum atomic E-state index is -0.913. The molecule has 0 bridgehead atoms. The van der Waals surface area contributed by atoms with E-state index in [1.807, 2.05) is 84.9 Å². The Morgan fingerprint density at radius 3 is 1.76 bits per heavy atom. The topological polar surface area (TPSA) is 106 Å². The van der Waals surface area contributed by atoms with Gasteiger partial charge < -0.3 is 25.4 Å². The molecule has 4 aromatic carbocycles. The molecule has 0 aliphatic heterocycles. The van der Waals surface area contributed by atoms with E-state index in [1.165, 1.54) is 7.11 Å². The smallest absolute Gasteiger partial charge is 0.408 e. The average molecular weight is 564 g/mol. The maximum absolute atomic E-state index is 13.1. The van der Waals surface area contributed by atoms with E-state index < -0.39 is 30.3 Å². The summed E-state index contributed by atoms with van der Waals surface area (Å²) in [4.78, 5) is 38.5. The third-order valence-electron chi connectivity index (χ3n) is 7.30. The number of methoxy groups -OCH3 is 1. The van der Waals surface area contributed by atoms with Crippen LogP contribution in [0.4, 0.5) is 9.59 Å². The molecule has 0 spiro atoms. The monoisotopic (exact) mass is 563 g/mol. The van der Waals surface area contributed by atoms with Crippen molar-refractivity contribution in [2.24, 2.45) is 0 Å². The number of rotatable bonds is 10. The largest absolute Gasteiger partial charge is 0.467 e. The molecule has 1 aliphatic rings. The number of alkyl carbamates (subject to hydrolysis) is 1. The molecule has 0 unspecified atom stereocenters. The lowest BCUT2D eigenvalue weighted by molar-refractivity contribution is -0.142.